The van der Waals surface area contributed by atoms with Crippen LogP contribution in [0.4, 0.5) is 0 Å². The number of carbonyl (C=O) groups excluding carboxylic acids is 5. The summed E-state index contributed by atoms with van der Waals surface area (Å²) >= 11 is 0. The average Bonchev–Trinajstić information content (AvgIpc) is 2.92. The number of nitrogens with zero attached hydrogens (tertiary/aromatic N) is 2. The Labute approximate surface area is 226 Å². The Balaban J connectivity index is 1.69. The van der Waals surface area contributed by atoms with Gasteiger partial charge in [-0.15, -0.1) is 0 Å². The van der Waals surface area contributed by atoms with Crippen LogP contribution in [0.3, 0.4) is 0 Å². The van der Waals surface area contributed by atoms with E-state index in [0.717, 1.165) is 0 Å². The molecule has 1 saturated heterocycles. The minimum absolute atomic E-state index is 0.0204. The van der Waals surface area contributed by atoms with Crippen LogP contribution < -0.4 is 21.6 Å². The van der Waals surface area contributed by atoms with E-state index in [0.29, 0.717) is 52.2 Å². The van der Waals surface area contributed by atoms with Gasteiger partial charge in [0.25, 0.3) is 5.91 Å². The number of aldehydes is 2. The van der Waals surface area contributed by atoms with Crippen molar-refractivity contribution < 1.29 is 42.9 Å². The van der Waals surface area contributed by atoms with Crippen molar-refractivity contribution in [3.05, 3.63) is 41.2 Å². The molecule has 3 amide bonds. The van der Waals surface area contributed by atoms with E-state index in [1.54, 1.807) is 12.1 Å². The van der Waals surface area contributed by atoms with Crippen molar-refractivity contribution in [3.63, 3.8) is 0 Å². The van der Waals surface area contributed by atoms with Gasteiger partial charge in [-0.1, -0.05) is 12.1 Å². The maximum atomic E-state index is 13.2. The number of likely N-dealkylation sites (N-methyl/N-ethyl adjacent to an activating group) is 1. The number of rotatable bonds is 18. The summed E-state index contributed by atoms with van der Waals surface area (Å²) < 4.78 is 22.0. The van der Waals surface area contributed by atoms with Gasteiger partial charge in [-0.25, -0.2) is 5.84 Å². The number of benzene rings is 1. The van der Waals surface area contributed by atoms with Gasteiger partial charge in [-0.2, -0.15) is 0 Å². The molecule has 1 aliphatic rings. The molecule has 2 rings (SSSR count). The average molecular weight is 550 g/mol. The standard InChI is InChI=1S/C25H35N5O9/c1-29(20-5-6-22(33)28-24(20)34)25(35)23-18(16-31)3-2-4-21(23)39-14-13-38-12-11-37-10-9-36-8-7-30(27)15-19(26)17-32/h2-4,15-17,20H,5-14,26-27H2,1H3,(H,28,33,34)/b19-15-. The van der Waals surface area contributed by atoms with E-state index in [4.69, 9.17) is 30.5 Å². The molecule has 0 bridgehead atoms. The molecule has 1 fully saturated rings. The van der Waals surface area contributed by atoms with Crippen molar-refractivity contribution in [1.82, 2.24) is 15.2 Å². The molecule has 214 valence electrons. The Morgan fingerprint density at radius 1 is 1.05 bits per heavy atom. The van der Waals surface area contributed by atoms with E-state index in [2.05, 4.69) is 5.32 Å². The maximum Gasteiger partial charge on any atom is 0.258 e. The summed E-state index contributed by atoms with van der Waals surface area (Å²) in [4.78, 5) is 60.1. The molecular weight excluding hydrogens is 514 g/mol. The molecule has 1 aromatic carbocycles. The third-order valence-corrected chi connectivity index (χ3v) is 5.57. The predicted molar refractivity (Wildman–Crippen MR) is 137 cm³/mol. The zero-order valence-electron chi connectivity index (χ0n) is 21.8. The molecule has 1 atom stereocenters. The Bertz CT molecular complexity index is 1030. The molecular formula is C25H35N5O9. The lowest BCUT2D eigenvalue weighted by atomic mass is 10.0. The monoisotopic (exact) mass is 549 g/mol. The molecule has 1 aliphatic heterocycles. The predicted octanol–water partition coefficient (Wildman–Crippen LogP) is -1.02. The molecule has 14 nitrogen and oxygen atoms in total. The number of imide groups is 1. The number of nitrogens with two attached hydrogens (primary N) is 2. The van der Waals surface area contributed by atoms with Crippen LogP contribution in [0.2, 0.25) is 0 Å². The highest BCUT2D eigenvalue weighted by Crippen LogP contribution is 2.25. The van der Waals surface area contributed by atoms with Crippen molar-refractivity contribution in [2.24, 2.45) is 11.6 Å². The first-order chi connectivity index (χ1) is 18.8. The van der Waals surface area contributed by atoms with Gasteiger partial charge in [0.1, 0.15) is 18.4 Å². The first kappa shape index (κ1) is 31.4. The van der Waals surface area contributed by atoms with E-state index in [-0.39, 0.29) is 54.5 Å². The largest absolute Gasteiger partial charge is 0.490 e. The molecule has 0 spiro atoms. The van der Waals surface area contributed by atoms with E-state index in [1.807, 2.05) is 0 Å². The Morgan fingerprint density at radius 2 is 1.69 bits per heavy atom. The van der Waals surface area contributed by atoms with Gasteiger partial charge in [-0.3, -0.25) is 29.3 Å². The van der Waals surface area contributed by atoms with Crippen molar-refractivity contribution in [2.45, 2.75) is 18.9 Å². The molecule has 0 aliphatic carbocycles. The summed E-state index contributed by atoms with van der Waals surface area (Å²) in [5.74, 6) is 4.28. The molecule has 39 heavy (non-hydrogen) atoms. The lowest BCUT2D eigenvalue weighted by molar-refractivity contribution is -0.136. The van der Waals surface area contributed by atoms with Crippen LogP contribution in [0.15, 0.2) is 30.1 Å². The van der Waals surface area contributed by atoms with Crippen molar-refractivity contribution in [2.75, 3.05) is 59.8 Å². The van der Waals surface area contributed by atoms with Gasteiger partial charge in [0, 0.05) is 25.2 Å². The number of amides is 3. The zero-order valence-corrected chi connectivity index (χ0v) is 21.8. The number of ether oxygens (including phenoxy) is 4. The van der Waals surface area contributed by atoms with Crippen LogP contribution in [-0.2, 0) is 28.6 Å². The van der Waals surface area contributed by atoms with Gasteiger partial charge in [0.2, 0.25) is 11.8 Å². The second-order valence-corrected chi connectivity index (χ2v) is 8.39. The highest BCUT2D eigenvalue weighted by molar-refractivity contribution is 6.07. The molecule has 0 saturated carbocycles. The van der Waals surface area contributed by atoms with E-state index in [1.165, 1.54) is 29.2 Å². The number of nitrogens with one attached hydrogen (secondary N) is 1. The second kappa shape index (κ2) is 16.9. The fraction of sp³-hybridized carbons (Fsp3) is 0.480. The Hall–Kier alpha value is -3.85. The number of allylic oxidation sites excluding steroid dienone is 1. The number of hydrazine groups is 1. The minimum Gasteiger partial charge on any atom is -0.490 e. The topological polar surface area (TPSA) is 193 Å². The van der Waals surface area contributed by atoms with E-state index >= 15 is 0 Å². The van der Waals surface area contributed by atoms with Crippen LogP contribution >= 0.6 is 0 Å². The zero-order chi connectivity index (χ0) is 28.6. The van der Waals surface area contributed by atoms with Crippen LogP contribution in [-0.4, -0.2) is 106 Å². The molecule has 0 radical (unpaired) electrons. The maximum absolute atomic E-state index is 13.2. The lowest BCUT2D eigenvalue weighted by Crippen LogP contribution is -2.53. The number of hydrogen-bond acceptors (Lipinski definition) is 12. The summed E-state index contributed by atoms with van der Waals surface area (Å²) in [5.41, 5.74) is 5.52. The fourth-order valence-electron chi connectivity index (χ4n) is 3.57. The third-order valence-electron chi connectivity index (χ3n) is 5.57. The first-order valence-corrected chi connectivity index (χ1v) is 12.3. The molecule has 1 heterocycles. The summed E-state index contributed by atoms with van der Waals surface area (Å²) in [5, 5.41) is 3.47. The summed E-state index contributed by atoms with van der Waals surface area (Å²) in [6, 6.07) is 3.78. The Kier molecular flexibility index (Phi) is 13.6. The molecule has 0 aromatic heterocycles. The second-order valence-electron chi connectivity index (χ2n) is 8.39. The first-order valence-electron chi connectivity index (χ1n) is 12.3. The van der Waals surface area contributed by atoms with Gasteiger partial charge >= 0.3 is 0 Å². The Morgan fingerprint density at radius 3 is 2.31 bits per heavy atom. The normalized spacial score (nSPS) is 15.4. The number of carbonyl (C=O) groups is 5. The van der Waals surface area contributed by atoms with Crippen molar-refractivity contribution in [1.29, 1.82) is 0 Å². The van der Waals surface area contributed by atoms with Crippen molar-refractivity contribution >= 4 is 30.3 Å². The van der Waals surface area contributed by atoms with E-state index in [9.17, 15) is 24.0 Å². The highest BCUT2D eigenvalue weighted by atomic mass is 16.6. The van der Waals surface area contributed by atoms with Gasteiger partial charge in [0.15, 0.2) is 12.6 Å². The summed E-state index contributed by atoms with van der Waals surface area (Å²) in [7, 11) is 1.44. The van der Waals surface area contributed by atoms with Crippen LogP contribution in [0.25, 0.3) is 0 Å². The van der Waals surface area contributed by atoms with E-state index < -0.39 is 17.9 Å². The molecule has 14 heteroatoms. The third kappa shape index (κ3) is 10.4. The van der Waals surface area contributed by atoms with Gasteiger partial charge in [-0.05, 0) is 12.5 Å². The summed E-state index contributed by atoms with van der Waals surface area (Å²) in [6.07, 6.45) is 2.66. The minimum atomic E-state index is -0.836. The molecule has 1 aromatic rings. The molecule has 1 unspecified atom stereocenters. The lowest BCUT2D eigenvalue weighted by Gasteiger charge is -2.30. The van der Waals surface area contributed by atoms with Crippen LogP contribution in [0.5, 0.6) is 5.75 Å². The number of piperidine rings is 1. The number of hydrogen-bond donors (Lipinski definition) is 3. The van der Waals surface area contributed by atoms with Crippen molar-refractivity contribution in [3.8, 4) is 5.75 Å². The van der Waals surface area contributed by atoms with Crippen LogP contribution in [0, 0.1) is 0 Å². The molecule has 5 N–H and O–H groups in total. The van der Waals surface area contributed by atoms with Crippen LogP contribution in [0.1, 0.15) is 33.6 Å². The van der Waals surface area contributed by atoms with Gasteiger partial charge < -0.3 is 34.6 Å². The SMILES string of the molecule is CN(C(=O)c1c(C=O)cccc1OCCOCCOCCOCCN(N)/C=C(\N)C=O)C1CCC(=O)NC1=O. The quantitative estimate of drug-likeness (QED) is 0.0505. The summed E-state index contributed by atoms with van der Waals surface area (Å²) in [6.45, 7) is 2.31. The smallest absolute Gasteiger partial charge is 0.258 e. The fourth-order valence-corrected chi connectivity index (χ4v) is 3.57. The highest BCUT2D eigenvalue weighted by Gasteiger charge is 2.34. The van der Waals surface area contributed by atoms with Gasteiger partial charge in [0.05, 0.1) is 57.4 Å².